The van der Waals surface area contributed by atoms with Gasteiger partial charge in [-0.3, -0.25) is 9.59 Å². The van der Waals surface area contributed by atoms with E-state index in [0.717, 1.165) is 0 Å². The molecule has 0 bridgehead atoms. The molecule has 0 aromatic heterocycles. The summed E-state index contributed by atoms with van der Waals surface area (Å²) >= 11 is 0. The first-order valence-electron chi connectivity index (χ1n) is 7.78. The van der Waals surface area contributed by atoms with Gasteiger partial charge in [0.1, 0.15) is 12.2 Å². The average molecular weight is 343 g/mol. The number of carbonyl (C=O) groups excluding carboxylic acids is 3. The van der Waals surface area contributed by atoms with Crippen LogP contribution in [-0.2, 0) is 33.3 Å². The average Bonchev–Trinajstić information content (AvgIpc) is 2.52. The van der Waals surface area contributed by atoms with Crippen molar-refractivity contribution in [2.24, 2.45) is 11.7 Å². The molecule has 0 spiro atoms. The Hall–Kier alpha value is -2.09. The minimum absolute atomic E-state index is 0.0528. The van der Waals surface area contributed by atoms with E-state index in [4.69, 9.17) is 19.9 Å². The van der Waals surface area contributed by atoms with Crippen molar-refractivity contribution >= 4 is 17.9 Å². The number of rotatable bonds is 6. The SMILES string of the molecule is CC[C@@H](OC(C)=O)[C@@H](OC(C)=O)[C@@H]1OC(C(=O)OC)=C[C@H](N)[C@H]1C. The molecule has 0 fully saturated rings. The summed E-state index contributed by atoms with van der Waals surface area (Å²) in [6.45, 7) is 6.10. The van der Waals surface area contributed by atoms with Crippen molar-refractivity contribution in [2.45, 2.75) is 58.5 Å². The molecule has 136 valence electrons. The summed E-state index contributed by atoms with van der Waals surface area (Å²) in [4.78, 5) is 34.6. The van der Waals surface area contributed by atoms with Crippen molar-refractivity contribution in [1.29, 1.82) is 0 Å². The van der Waals surface area contributed by atoms with Crippen molar-refractivity contribution < 1.29 is 33.3 Å². The highest BCUT2D eigenvalue weighted by Gasteiger charge is 2.43. The summed E-state index contributed by atoms with van der Waals surface area (Å²) in [5.41, 5.74) is 6.05. The summed E-state index contributed by atoms with van der Waals surface area (Å²) in [5.74, 6) is -2.07. The smallest absolute Gasteiger partial charge is 0.373 e. The molecule has 8 nitrogen and oxygen atoms in total. The van der Waals surface area contributed by atoms with Crippen molar-refractivity contribution in [2.75, 3.05) is 7.11 Å². The molecular formula is C16H25NO7. The van der Waals surface area contributed by atoms with Crippen LogP contribution in [0, 0.1) is 5.92 Å². The molecule has 2 N–H and O–H groups in total. The molecule has 0 radical (unpaired) electrons. The van der Waals surface area contributed by atoms with Gasteiger partial charge in [-0.05, 0) is 12.5 Å². The number of methoxy groups -OCH3 is 1. The van der Waals surface area contributed by atoms with E-state index in [0.29, 0.717) is 6.42 Å². The van der Waals surface area contributed by atoms with Crippen LogP contribution in [0.15, 0.2) is 11.8 Å². The highest BCUT2D eigenvalue weighted by molar-refractivity contribution is 5.86. The van der Waals surface area contributed by atoms with Crippen LogP contribution in [0.4, 0.5) is 0 Å². The minimum Gasteiger partial charge on any atom is -0.479 e. The monoisotopic (exact) mass is 343 g/mol. The number of nitrogens with two attached hydrogens (primary N) is 1. The second kappa shape index (κ2) is 8.68. The first kappa shape index (κ1) is 20.0. The zero-order valence-corrected chi connectivity index (χ0v) is 14.6. The maximum atomic E-state index is 11.8. The van der Waals surface area contributed by atoms with Gasteiger partial charge in [0.15, 0.2) is 6.10 Å². The van der Waals surface area contributed by atoms with Gasteiger partial charge in [-0.2, -0.15) is 0 Å². The van der Waals surface area contributed by atoms with Crippen LogP contribution >= 0.6 is 0 Å². The van der Waals surface area contributed by atoms with Crippen LogP contribution in [0.1, 0.15) is 34.1 Å². The van der Waals surface area contributed by atoms with Crippen molar-refractivity contribution in [3.8, 4) is 0 Å². The molecule has 0 saturated heterocycles. The third-order valence-electron chi connectivity index (χ3n) is 3.83. The van der Waals surface area contributed by atoms with E-state index in [9.17, 15) is 14.4 Å². The van der Waals surface area contributed by atoms with E-state index in [-0.39, 0.29) is 11.7 Å². The molecule has 5 atom stereocenters. The minimum atomic E-state index is -0.897. The Morgan fingerprint density at radius 2 is 1.83 bits per heavy atom. The third-order valence-corrected chi connectivity index (χ3v) is 3.83. The van der Waals surface area contributed by atoms with Crippen molar-refractivity contribution in [3.05, 3.63) is 11.8 Å². The number of ether oxygens (including phenoxy) is 4. The third kappa shape index (κ3) is 4.95. The Balaban J connectivity index is 3.15. The molecule has 0 aromatic rings. The van der Waals surface area contributed by atoms with Gasteiger partial charge in [-0.25, -0.2) is 4.79 Å². The van der Waals surface area contributed by atoms with E-state index >= 15 is 0 Å². The molecule has 24 heavy (non-hydrogen) atoms. The molecule has 1 aliphatic heterocycles. The maximum absolute atomic E-state index is 11.8. The molecule has 0 saturated carbocycles. The fourth-order valence-electron chi connectivity index (χ4n) is 2.56. The Labute approximate surface area is 141 Å². The first-order valence-corrected chi connectivity index (χ1v) is 7.78. The van der Waals surface area contributed by atoms with E-state index in [1.165, 1.54) is 27.0 Å². The first-order chi connectivity index (χ1) is 11.2. The van der Waals surface area contributed by atoms with Gasteiger partial charge in [0, 0.05) is 25.8 Å². The summed E-state index contributed by atoms with van der Waals surface area (Å²) in [5, 5.41) is 0. The summed E-state index contributed by atoms with van der Waals surface area (Å²) in [6, 6.07) is -0.509. The largest absolute Gasteiger partial charge is 0.479 e. The van der Waals surface area contributed by atoms with Crippen molar-refractivity contribution in [3.63, 3.8) is 0 Å². The quantitative estimate of drug-likeness (QED) is 0.553. The lowest BCUT2D eigenvalue weighted by Crippen LogP contribution is -2.53. The number of hydrogen-bond acceptors (Lipinski definition) is 8. The maximum Gasteiger partial charge on any atom is 0.373 e. The fourth-order valence-corrected chi connectivity index (χ4v) is 2.56. The zero-order valence-electron chi connectivity index (χ0n) is 14.6. The van der Waals surface area contributed by atoms with Crippen LogP contribution < -0.4 is 5.73 Å². The van der Waals surface area contributed by atoms with Gasteiger partial charge in [0.05, 0.1) is 7.11 Å². The predicted molar refractivity (Wildman–Crippen MR) is 83.5 cm³/mol. The molecule has 0 unspecified atom stereocenters. The molecule has 1 rings (SSSR count). The molecule has 1 heterocycles. The Kier molecular flexibility index (Phi) is 7.21. The second-order valence-corrected chi connectivity index (χ2v) is 5.67. The van der Waals surface area contributed by atoms with E-state index in [2.05, 4.69) is 4.74 Å². The Bertz CT molecular complexity index is 517. The van der Waals surface area contributed by atoms with Crippen LogP contribution in [-0.4, -0.2) is 49.4 Å². The predicted octanol–water partition coefficient (Wildman–Crippen LogP) is 0.679. The lowest BCUT2D eigenvalue weighted by molar-refractivity contribution is -0.183. The lowest BCUT2D eigenvalue weighted by atomic mass is 9.87. The van der Waals surface area contributed by atoms with Gasteiger partial charge in [0.25, 0.3) is 0 Å². The Morgan fingerprint density at radius 1 is 1.25 bits per heavy atom. The molecule has 1 aliphatic rings. The molecule has 0 amide bonds. The zero-order chi connectivity index (χ0) is 18.4. The molecule has 0 aromatic carbocycles. The highest BCUT2D eigenvalue weighted by atomic mass is 16.6. The summed E-state index contributed by atoms with van der Waals surface area (Å²) < 4.78 is 20.9. The van der Waals surface area contributed by atoms with E-state index < -0.39 is 42.3 Å². The molecular weight excluding hydrogens is 318 g/mol. The van der Waals surface area contributed by atoms with Gasteiger partial charge < -0.3 is 24.7 Å². The van der Waals surface area contributed by atoms with Crippen LogP contribution in [0.25, 0.3) is 0 Å². The van der Waals surface area contributed by atoms with Crippen LogP contribution in [0.3, 0.4) is 0 Å². The summed E-state index contributed by atoms with van der Waals surface area (Å²) in [6.07, 6.45) is -0.512. The van der Waals surface area contributed by atoms with Crippen LogP contribution in [0.2, 0.25) is 0 Å². The molecule has 8 heteroatoms. The van der Waals surface area contributed by atoms with E-state index in [1.54, 1.807) is 13.8 Å². The molecule has 0 aliphatic carbocycles. The van der Waals surface area contributed by atoms with Gasteiger partial charge >= 0.3 is 17.9 Å². The van der Waals surface area contributed by atoms with E-state index in [1.807, 2.05) is 0 Å². The highest BCUT2D eigenvalue weighted by Crippen LogP contribution is 2.29. The standard InChI is InChI=1S/C16H25NO7/c1-6-12(22-9(3)18)15(23-10(4)19)14-8(2)11(17)7-13(24-14)16(20)21-5/h7-8,11-12,14-15H,6,17H2,1-5H3/t8-,11+,12-,14-,15-/m1/s1. The number of carbonyl (C=O) groups is 3. The number of hydrogen-bond donors (Lipinski definition) is 1. The van der Waals surface area contributed by atoms with Crippen molar-refractivity contribution in [1.82, 2.24) is 0 Å². The fraction of sp³-hybridized carbons (Fsp3) is 0.688. The Morgan fingerprint density at radius 3 is 2.29 bits per heavy atom. The second-order valence-electron chi connectivity index (χ2n) is 5.67. The summed E-state index contributed by atoms with van der Waals surface area (Å²) in [7, 11) is 1.22. The van der Waals surface area contributed by atoms with Gasteiger partial charge in [-0.1, -0.05) is 13.8 Å². The topological polar surface area (TPSA) is 114 Å². The number of esters is 3. The van der Waals surface area contributed by atoms with Gasteiger partial charge in [-0.15, -0.1) is 0 Å². The van der Waals surface area contributed by atoms with Crippen LogP contribution in [0.5, 0.6) is 0 Å². The lowest BCUT2D eigenvalue weighted by Gasteiger charge is -2.39. The van der Waals surface area contributed by atoms with Gasteiger partial charge in [0.2, 0.25) is 5.76 Å². The normalized spacial score (nSPS) is 25.6.